The van der Waals surface area contributed by atoms with Gasteiger partial charge in [0.15, 0.2) is 13.5 Å². The van der Waals surface area contributed by atoms with Crippen LogP contribution in [0.25, 0.3) is 64.4 Å². The third kappa shape index (κ3) is 5.06. The molecule has 0 saturated carbocycles. The van der Waals surface area contributed by atoms with Gasteiger partial charge in [-0.05, 0) is 92.3 Å². The van der Waals surface area contributed by atoms with Gasteiger partial charge in [0.1, 0.15) is 23.0 Å². The fourth-order valence-corrected chi connectivity index (χ4v) is 5.46. The van der Waals surface area contributed by atoms with Crippen LogP contribution >= 0.6 is 0 Å². The number of hydrogen-bond acceptors (Lipinski definition) is 8. The minimum Gasteiger partial charge on any atom is -0.507 e. The maximum Gasteiger partial charge on any atom is 0.167 e. The predicted octanol–water partition coefficient (Wildman–Crippen LogP) is 7.98. The number of azide groups is 3. The molecule has 0 fully saturated rings. The van der Waals surface area contributed by atoms with Crippen molar-refractivity contribution in [2.75, 3.05) is 27.1 Å². The van der Waals surface area contributed by atoms with E-state index in [1.165, 1.54) is 7.11 Å². The van der Waals surface area contributed by atoms with E-state index < -0.39 is 5.41 Å². The van der Waals surface area contributed by atoms with Crippen molar-refractivity contribution >= 4 is 10.8 Å². The predicted molar refractivity (Wildman–Crippen MR) is 158 cm³/mol. The zero-order chi connectivity index (χ0) is 30.6. The zero-order valence-corrected chi connectivity index (χ0v) is 23.0. The molecule has 0 bridgehead atoms. The van der Waals surface area contributed by atoms with Crippen LogP contribution in [0.1, 0.15) is 23.6 Å². The molecule has 0 amide bonds. The number of ether oxygens (including phenoxy) is 3. The number of nitrogens with zero attached hydrogens (tertiary/aromatic N) is 10. The van der Waals surface area contributed by atoms with Gasteiger partial charge in [-0.25, -0.2) is 0 Å². The summed E-state index contributed by atoms with van der Waals surface area (Å²) in [4.78, 5) is 8.43. The molecule has 4 aromatic rings. The van der Waals surface area contributed by atoms with Crippen molar-refractivity contribution in [2.24, 2.45) is 15.3 Å². The van der Waals surface area contributed by atoms with Crippen LogP contribution in [0.15, 0.2) is 69.9 Å². The maximum atomic E-state index is 11.4. The fourth-order valence-electron chi connectivity index (χ4n) is 5.46. The lowest BCUT2D eigenvalue weighted by atomic mass is 9.79. The molecular formula is C29H22N10O4. The van der Waals surface area contributed by atoms with Crippen LogP contribution in [-0.4, -0.2) is 32.2 Å². The quantitative estimate of drug-likeness (QED) is 0.113. The topological polar surface area (TPSA) is 218 Å². The largest absolute Gasteiger partial charge is 0.507 e. The van der Waals surface area contributed by atoms with Crippen LogP contribution in [0.4, 0.5) is 0 Å². The van der Waals surface area contributed by atoms with E-state index in [2.05, 4.69) is 36.1 Å². The lowest BCUT2D eigenvalue weighted by molar-refractivity contribution is 0.325. The molecule has 1 aliphatic rings. The van der Waals surface area contributed by atoms with Gasteiger partial charge in [-0.2, -0.15) is 5.26 Å². The first kappa shape index (κ1) is 28.3. The first-order chi connectivity index (χ1) is 20.9. The molecule has 1 atom stereocenters. The molecular weight excluding hydrogens is 552 g/mol. The number of methoxy groups -OCH3 is 1. The van der Waals surface area contributed by atoms with Crippen molar-refractivity contribution < 1.29 is 19.3 Å². The number of benzene rings is 4. The van der Waals surface area contributed by atoms with Gasteiger partial charge >= 0.3 is 0 Å². The van der Waals surface area contributed by atoms with Crippen molar-refractivity contribution in [3.05, 3.63) is 103 Å². The summed E-state index contributed by atoms with van der Waals surface area (Å²) >= 11 is 0. The molecule has 212 valence electrons. The summed E-state index contributed by atoms with van der Waals surface area (Å²) in [6.45, 7) is 1.41. The molecule has 0 radical (unpaired) electrons. The Morgan fingerprint density at radius 2 is 1.56 bits per heavy atom. The third-order valence-electron chi connectivity index (χ3n) is 7.39. The molecule has 0 heterocycles. The van der Waals surface area contributed by atoms with E-state index in [4.69, 9.17) is 30.8 Å². The Balaban J connectivity index is 1.81. The zero-order valence-electron chi connectivity index (χ0n) is 23.0. The Hall–Kier alpha value is -6.24. The second kappa shape index (κ2) is 11.7. The smallest absolute Gasteiger partial charge is 0.167 e. The van der Waals surface area contributed by atoms with Crippen LogP contribution in [-0.2, 0) is 5.41 Å². The van der Waals surface area contributed by atoms with E-state index >= 15 is 0 Å². The molecule has 0 saturated heterocycles. The second-order valence-corrected chi connectivity index (χ2v) is 9.71. The molecule has 0 aliphatic heterocycles. The third-order valence-corrected chi connectivity index (χ3v) is 7.39. The molecule has 14 nitrogen and oxygen atoms in total. The fraction of sp³-hybridized carbons (Fsp3) is 0.207. The van der Waals surface area contributed by atoms with Gasteiger partial charge in [0.05, 0.1) is 18.7 Å². The van der Waals surface area contributed by atoms with Gasteiger partial charge in [-0.3, -0.25) is 0 Å². The molecule has 14 heteroatoms. The average Bonchev–Trinajstić information content (AvgIpc) is 3.27. The monoisotopic (exact) mass is 574 g/mol. The Kier molecular flexibility index (Phi) is 7.70. The van der Waals surface area contributed by atoms with E-state index in [9.17, 15) is 10.4 Å². The highest BCUT2D eigenvalue weighted by atomic mass is 16.5. The van der Waals surface area contributed by atoms with E-state index in [1.807, 2.05) is 13.0 Å². The molecule has 0 spiro atoms. The summed E-state index contributed by atoms with van der Waals surface area (Å²) in [6.07, 6.45) is 0. The highest BCUT2D eigenvalue weighted by molar-refractivity contribution is 6.07. The number of phenolic OH excluding ortho intramolecular Hbond substituents is 1. The SMILES string of the molecule is COc1cc(OCN=[N+]=[N-])cc(-c2cc3c(O)cc4c(c3cc2OCN=[N+]=[N-])-c2ccc(C#N)cc2C4(C)CN=[N+]=[N-])c1. The summed E-state index contributed by atoms with van der Waals surface area (Å²) in [5.41, 5.74) is 30.5. The van der Waals surface area contributed by atoms with Crippen molar-refractivity contribution in [3.8, 4) is 51.3 Å². The molecule has 1 aliphatic carbocycles. The first-order valence-corrected chi connectivity index (χ1v) is 12.7. The molecule has 1 unspecified atom stereocenters. The number of rotatable bonds is 10. The van der Waals surface area contributed by atoms with E-state index in [-0.39, 0.29) is 25.8 Å². The number of hydrogen-bond donors (Lipinski definition) is 1. The van der Waals surface area contributed by atoms with Gasteiger partial charge < -0.3 is 19.3 Å². The number of aromatic hydroxyl groups is 1. The normalized spacial score (nSPS) is 14.3. The summed E-state index contributed by atoms with van der Waals surface area (Å²) in [7, 11) is 1.49. The highest BCUT2D eigenvalue weighted by Gasteiger charge is 2.41. The highest BCUT2D eigenvalue weighted by Crippen LogP contribution is 2.55. The second-order valence-electron chi connectivity index (χ2n) is 9.71. The average molecular weight is 575 g/mol. The van der Waals surface area contributed by atoms with Gasteiger partial charge in [-0.1, -0.05) is 28.3 Å². The first-order valence-electron chi connectivity index (χ1n) is 12.7. The van der Waals surface area contributed by atoms with Crippen LogP contribution in [0.3, 0.4) is 0 Å². The Morgan fingerprint density at radius 3 is 2.26 bits per heavy atom. The summed E-state index contributed by atoms with van der Waals surface area (Å²) in [6, 6.07) is 17.7. The standard InChI is InChI=1S/C29H22N10O4/c1-29(13-34-37-31)24-5-16(12-30)3-4-20(24)28-23-10-27(43-15-36-39-33)21(9-22(23)26(40)11-25(28)29)17-6-18(41-2)8-19(7-17)42-14-35-38-32/h3-11,40H,13-15H2,1-2H3. The Morgan fingerprint density at radius 1 is 0.837 bits per heavy atom. The molecule has 4 aromatic carbocycles. The van der Waals surface area contributed by atoms with Gasteiger partial charge in [0.25, 0.3) is 0 Å². The van der Waals surface area contributed by atoms with E-state index in [0.717, 1.165) is 22.3 Å². The van der Waals surface area contributed by atoms with Crippen molar-refractivity contribution in [3.63, 3.8) is 0 Å². The van der Waals surface area contributed by atoms with Crippen LogP contribution < -0.4 is 14.2 Å². The lowest BCUT2D eigenvalue weighted by Crippen LogP contribution is -2.24. The lowest BCUT2D eigenvalue weighted by Gasteiger charge is -2.26. The summed E-state index contributed by atoms with van der Waals surface area (Å²) in [5, 5.41) is 32.9. The molecule has 5 rings (SSSR count). The van der Waals surface area contributed by atoms with E-state index in [1.54, 1.807) is 48.5 Å². The van der Waals surface area contributed by atoms with Crippen LogP contribution in [0.2, 0.25) is 0 Å². The Bertz CT molecular complexity index is 1970. The van der Waals surface area contributed by atoms with Crippen molar-refractivity contribution in [1.82, 2.24) is 0 Å². The molecule has 43 heavy (non-hydrogen) atoms. The maximum absolute atomic E-state index is 11.4. The minimum atomic E-state index is -0.828. The number of nitriles is 1. The number of fused-ring (bicyclic) bond motifs is 5. The van der Waals surface area contributed by atoms with Crippen LogP contribution in [0.5, 0.6) is 23.0 Å². The molecule has 1 N–H and O–H groups in total. The number of phenols is 1. The van der Waals surface area contributed by atoms with Gasteiger partial charge in [0.2, 0.25) is 0 Å². The molecule has 0 aromatic heterocycles. The minimum absolute atomic E-state index is 0.0280. The van der Waals surface area contributed by atoms with Gasteiger partial charge in [-0.15, -0.1) is 0 Å². The van der Waals surface area contributed by atoms with Crippen LogP contribution in [0, 0.1) is 11.3 Å². The Labute approximate surface area is 244 Å². The van der Waals surface area contributed by atoms with Crippen molar-refractivity contribution in [1.29, 1.82) is 5.26 Å². The summed E-state index contributed by atoms with van der Waals surface area (Å²) in [5.74, 6) is 1.11. The van der Waals surface area contributed by atoms with Gasteiger partial charge in [0, 0.05) is 43.7 Å². The van der Waals surface area contributed by atoms with Crippen molar-refractivity contribution in [2.45, 2.75) is 12.3 Å². The summed E-state index contributed by atoms with van der Waals surface area (Å²) < 4.78 is 16.9. The van der Waals surface area contributed by atoms with E-state index in [0.29, 0.717) is 44.7 Å².